The molecule has 2 aliphatic rings. The number of alkyl halides is 3. The highest BCUT2D eigenvalue weighted by molar-refractivity contribution is 5.93. The van der Waals surface area contributed by atoms with Gasteiger partial charge in [-0.05, 0) is 18.2 Å². The SMILES string of the molecule is N#Cc1ccc(C2=C3c4ccc([N+](=O)[O-])cc4[N+](=O)N3CCN2CCN)cc1.O=C([O-])C(F)(F)F. The van der Waals surface area contributed by atoms with Crippen LogP contribution >= 0.6 is 0 Å². The third-order valence-corrected chi connectivity index (χ3v) is 5.17. The molecule has 2 aliphatic heterocycles. The smallest absolute Gasteiger partial charge is 0.430 e. The second kappa shape index (κ2) is 9.77. The van der Waals surface area contributed by atoms with E-state index in [0.717, 1.165) is 16.1 Å². The molecule has 0 fully saturated rings. The van der Waals surface area contributed by atoms with Crippen molar-refractivity contribution < 1.29 is 32.9 Å². The Morgan fingerprint density at radius 1 is 1.17 bits per heavy atom. The summed E-state index contributed by atoms with van der Waals surface area (Å²) in [6.07, 6.45) is -5.19. The van der Waals surface area contributed by atoms with Crippen molar-refractivity contribution in [3.05, 3.63) is 74.2 Å². The molecule has 0 atom stereocenters. The Bertz CT molecular complexity index is 1250. The van der Waals surface area contributed by atoms with E-state index in [1.807, 2.05) is 12.1 Å². The Kier molecular flexibility index (Phi) is 7.01. The van der Waals surface area contributed by atoms with Crippen LogP contribution in [0.4, 0.5) is 24.5 Å². The van der Waals surface area contributed by atoms with Crippen molar-refractivity contribution >= 4 is 28.7 Å². The van der Waals surface area contributed by atoms with Crippen LogP contribution in [-0.2, 0) is 4.79 Å². The molecule has 2 N–H and O–H groups in total. The van der Waals surface area contributed by atoms with Crippen molar-refractivity contribution in [2.24, 2.45) is 5.73 Å². The predicted octanol–water partition coefficient (Wildman–Crippen LogP) is 1.51. The molecular formula is C21H17F3N6O5. The molecule has 0 bridgehead atoms. The number of nitrogens with zero attached hydrogens (tertiary/aromatic N) is 5. The van der Waals surface area contributed by atoms with E-state index in [-0.39, 0.29) is 11.4 Å². The van der Waals surface area contributed by atoms with Crippen LogP contribution in [0, 0.1) is 26.4 Å². The first kappa shape index (κ1) is 25.1. The van der Waals surface area contributed by atoms with E-state index in [1.54, 1.807) is 23.2 Å². The second-order valence-electron chi connectivity index (χ2n) is 7.30. The summed E-state index contributed by atoms with van der Waals surface area (Å²) in [5.41, 5.74) is 9.48. The minimum Gasteiger partial charge on any atom is -0.542 e. The molecule has 0 aromatic heterocycles. The molecule has 0 amide bonds. The van der Waals surface area contributed by atoms with E-state index in [4.69, 9.17) is 20.9 Å². The lowest BCUT2D eigenvalue weighted by Crippen LogP contribution is -2.42. The number of halogens is 3. The summed E-state index contributed by atoms with van der Waals surface area (Å²) in [7, 11) is 0. The van der Waals surface area contributed by atoms with Gasteiger partial charge >= 0.3 is 11.9 Å². The van der Waals surface area contributed by atoms with E-state index in [9.17, 15) is 28.2 Å². The fourth-order valence-electron chi connectivity index (χ4n) is 3.68. The molecule has 14 heteroatoms. The maximum atomic E-state index is 12.8. The fourth-order valence-corrected chi connectivity index (χ4v) is 3.68. The minimum absolute atomic E-state index is 0.126. The van der Waals surface area contributed by atoms with Crippen LogP contribution < -0.4 is 10.8 Å². The fraction of sp³-hybridized carbons (Fsp3) is 0.238. The number of hydrazine groups is 1. The quantitative estimate of drug-likeness (QED) is 0.381. The Balaban J connectivity index is 0.000000429. The van der Waals surface area contributed by atoms with E-state index < -0.39 is 17.1 Å². The van der Waals surface area contributed by atoms with Gasteiger partial charge in [-0.25, -0.2) is 0 Å². The first-order valence-corrected chi connectivity index (χ1v) is 10.0. The molecule has 4 rings (SSSR count). The first-order valence-electron chi connectivity index (χ1n) is 10.0. The molecule has 2 heterocycles. The number of rotatable bonds is 4. The van der Waals surface area contributed by atoms with Crippen LogP contribution in [0.3, 0.4) is 0 Å². The maximum Gasteiger partial charge on any atom is 0.430 e. The number of nitroso groups, excluding NO2 is 1. The van der Waals surface area contributed by atoms with Gasteiger partial charge in [-0.15, -0.1) is 0 Å². The van der Waals surface area contributed by atoms with E-state index in [0.29, 0.717) is 43.0 Å². The summed E-state index contributed by atoms with van der Waals surface area (Å²) in [5, 5.41) is 30.6. The van der Waals surface area contributed by atoms with Crippen molar-refractivity contribution in [3.8, 4) is 6.07 Å². The molecule has 0 radical (unpaired) electrons. The topological polar surface area (TPSA) is 160 Å². The van der Waals surface area contributed by atoms with Crippen molar-refractivity contribution in [2.75, 3.05) is 26.2 Å². The summed E-state index contributed by atoms with van der Waals surface area (Å²) >= 11 is 0. The number of hydrogen-bond acceptors (Lipinski definition) is 8. The average Bonchev–Trinajstić information content (AvgIpc) is 3.10. The van der Waals surface area contributed by atoms with Gasteiger partial charge in [0, 0.05) is 31.3 Å². The predicted molar refractivity (Wildman–Crippen MR) is 113 cm³/mol. The molecule has 2 aromatic rings. The molecule has 0 aliphatic carbocycles. The van der Waals surface area contributed by atoms with Crippen molar-refractivity contribution in [1.29, 1.82) is 5.26 Å². The number of benzene rings is 2. The van der Waals surface area contributed by atoms with Crippen LogP contribution in [-0.4, -0.2) is 58.0 Å². The number of nitro benzene ring substituents is 1. The molecule has 0 saturated heterocycles. The zero-order chi connectivity index (χ0) is 25.9. The summed E-state index contributed by atoms with van der Waals surface area (Å²) < 4.78 is 31.5. The Morgan fingerprint density at radius 2 is 1.80 bits per heavy atom. The van der Waals surface area contributed by atoms with Gasteiger partial charge < -0.3 is 20.5 Å². The third-order valence-electron chi connectivity index (χ3n) is 5.17. The molecule has 11 nitrogen and oxygen atoms in total. The first-order chi connectivity index (χ1) is 16.5. The summed E-state index contributed by atoms with van der Waals surface area (Å²) in [6, 6.07) is 13.5. The van der Waals surface area contributed by atoms with Gasteiger partial charge in [0.25, 0.3) is 5.69 Å². The zero-order valence-corrected chi connectivity index (χ0v) is 17.9. The van der Waals surface area contributed by atoms with Gasteiger partial charge in [0.1, 0.15) is 18.2 Å². The molecule has 0 spiro atoms. The van der Waals surface area contributed by atoms with Gasteiger partial charge in [-0.3, -0.25) is 10.1 Å². The van der Waals surface area contributed by atoms with Gasteiger partial charge in [0.05, 0.1) is 38.8 Å². The number of non-ortho nitro benzene ring substituents is 1. The highest BCUT2D eigenvalue weighted by Crippen LogP contribution is 2.45. The number of fused-ring (bicyclic) bond motifs is 3. The van der Waals surface area contributed by atoms with Crippen LogP contribution in [0.5, 0.6) is 0 Å². The third kappa shape index (κ3) is 5.04. The highest BCUT2D eigenvalue weighted by atomic mass is 19.4. The number of carboxylic acid groups (broad SMARTS) is 1. The van der Waals surface area contributed by atoms with Crippen molar-refractivity contribution in [3.63, 3.8) is 0 Å². The molecule has 35 heavy (non-hydrogen) atoms. The molecule has 0 saturated carbocycles. The molecule has 0 unspecified atom stereocenters. The summed E-state index contributed by atoms with van der Waals surface area (Å²) in [4.78, 5) is 35.1. The lowest BCUT2D eigenvalue weighted by atomic mass is 10.0. The second-order valence-corrected chi connectivity index (χ2v) is 7.30. The van der Waals surface area contributed by atoms with Crippen LogP contribution in [0.15, 0.2) is 42.5 Å². The van der Waals surface area contributed by atoms with Crippen LogP contribution in [0.1, 0.15) is 16.7 Å². The van der Waals surface area contributed by atoms with Crippen LogP contribution in [0.25, 0.3) is 11.4 Å². The number of nitrogens with two attached hydrogens (primary N) is 1. The zero-order valence-electron chi connectivity index (χ0n) is 17.9. The monoisotopic (exact) mass is 490 g/mol. The van der Waals surface area contributed by atoms with Gasteiger partial charge in [0.2, 0.25) is 0 Å². The van der Waals surface area contributed by atoms with Crippen molar-refractivity contribution in [2.45, 2.75) is 6.18 Å². The Morgan fingerprint density at radius 3 is 2.31 bits per heavy atom. The largest absolute Gasteiger partial charge is 0.542 e. The number of nitro groups is 1. The number of carboxylic acids is 1. The van der Waals surface area contributed by atoms with Gasteiger partial charge in [0.15, 0.2) is 4.87 Å². The highest BCUT2D eigenvalue weighted by Gasteiger charge is 2.47. The number of nitriles is 1. The lowest BCUT2D eigenvalue weighted by molar-refractivity contribution is -0.612. The summed E-state index contributed by atoms with van der Waals surface area (Å²) in [6.45, 7) is 2.08. The van der Waals surface area contributed by atoms with Gasteiger partial charge in [-0.1, -0.05) is 17.1 Å². The minimum atomic E-state index is -5.19. The Hall–Kier alpha value is -4.51. The molecule has 2 aromatic carbocycles. The Labute approximate surface area is 195 Å². The number of hydrogen-bond donors (Lipinski definition) is 1. The number of carbonyl (C=O) groups is 1. The maximum absolute atomic E-state index is 12.8. The average molecular weight is 490 g/mol. The number of carbonyl (C=O) groups excluding carboxylic acids is 1. The standard InChI is InChI=1S/C19H17N6O3.C2HF3O2/c20-7-8-22-9-10-23-19(18(22)14-3-1-13(12-21)2-4-14)16-6-5-15(25(27)28)11-17(16)24(23)26;3-2(4,5)1(6)7/h1-6,11H,7-10,20H2;(H,6,7)/q+1;/p-1. The summed E-state index contributed by atoms with van der Waals surface area (Å²) in [5.74, 6) is -3.01. The lowest BCUT2D eigenvalue weighted by Gasteiger charge is -2.33. The van der Waals surface area contributed by atoms with E-state index >= 15 is 0 Å². The molecular weight excluding hydrogens is 473 g/mol. The van der Waals surface area contributed by atoms with E-state index in [2.05, 4.69) is 11.0 Å². The number of aliphatic carboxylic acids is 1. The van der Waals surface area contributed by atoms with Gasteiger partial charge in [-0.2, -0.15) is 18.4 Å². The normalized spacial score (nSPS) is 14.5. The van der Waals surface area contributed by atoms with Crippen LogP contribution in [0.2, 0.25) is 0 Å². The van der Waals surface area contributed by atoms with E-state index in [1.165, 1.54) is 12.1 Å². The van der Waals surface area contributed by atoms with Crippen molar-refractivity contribution in [1.82, 2.24) is 9.91 Å². The molecule has 182 valence electrons.